The van der Waals surface area contributed by atoms with E-state index in [-0.39, 0.29) is 6.10 Å². The number of halogens is 1. The molecule has 3 nitrogen and oxygen atoms in total. The van der Waals surface area contributed by atoms with E-state index in [2.05, 4.69) is 0 Å². The molecule has 0 unspecified atom stereocenters. The van der Waals surface area contributed by atoms with Gasteiger partial charge >= 0.3 is 0 Å². The number of rotatable bonds is 6. The van der Waals surface area contributed by atoms with Crippen molar-refractivity contribution in [3.8, 4) is 5.75 Å². The van der Waals surface area contributed by atoms with Gasteiger partial charge in [-0.3, -0.25) is 0 Å². The highest BCUT2D eigenvalue weighted by Crippen LogP contribution is 2.28. The Balaban J connectivity index is 2.58. The molecular weight excluding hydrogens is 240 g/mol. The van der Waals surface area contributed by atoms with Crippen LogP contribution < -0.4 is 4.74 Å². The zero-order valence-electron chi connectivity index (χ0n) is 10.4. The van der Waals surface area contributed by atoms with Crippen LogP contribution in [0, 0.1) is 0 Å². The van der Waals surface area contributed by atoms with Crippen LogP contribution in [0.3, 0.4) is 0 Å². The standard InChI is InChI=1S/C13H19ClO3/c1-9(2)16-6-7-17-13-5-4-11(14)8-12(13)10(3)15/h4-5,8-10,15H,6-7H2,1-3H3/t10-/m0/s1. The van der Waals surface area contributed by atoms with Crippen molar-refractivity contribution >= 4 is 11.6 Å². The lowest BCUT2D eigenvalue weighted by atomic mass is 10.1. The monoisotopic (exact) mass is 258 g/mol. The number of aliphatic hydroxyl groups is 1. The summed E-state index contributed by atoms with van der Waals surface area (Å²) in [5.41, 5.74) is 0.696. The van der Waals surface area contributed by atoms with Gasteiger partial charge in [-0.2, -0.15) is 0 Å². The molecule has 0 aliphatic heterocycles. The lowest BCUT2D eigenvalue weighted by Gasteiger charge is -2.14. The van der Waals surface area contributed by atoms with Crippen LogP contribution in [0.4, 0.5) is 0 Å². The van der Waals surface area contributed by atoms with E-state index in [0.29, 0.717) is 29.5 Å². The Morgan fingerprint density at radius 3 is 2.53 bits per heavy atom. The van der Waals surface area contributed by atoms with Gasteiger partial charge in [0.2, 0.25) is 0 Å². The Kier molecular flexibility index (Phi) is 5.75. The number of aliphatic hydroxyl groups excluding tert-OH is 1. The Bertz CT molecular complexity index is 351. The van der Waals surface area contributed by atoms with Crippen molar-refractivity contribution in [2.75, 3.05) is 13.2 Å². The fraction of sp³-hybridized carbons (Fsp3) is 0.538. The Hall–Kier alpha value is -0.770. The fourth-order valence-electron chi connectivity index (χ4n) is 1.41. The largest absolute Gasteiger partial charge is 0.491 e. The summed E-state index contributed by atoms with van der Waals surface area (Å²) >= 11 is 5.87. The number of hydrogen-bond acceptors (Lipinski definition) is 3. The zero-order chi connectivity index (χ0) is 12.8. The maximum atomic E-state index is 9.60. The van der Waals surface area contributed by atoms with Gasteiger partial charge in [0.1, 0.15) is 12.4 Å². The first-order valence-electron chi connectivity index (χ1n) is 5.72. The Morgan fingerprint density at radius 2 is 1.94 bits per heavy atom. The van der Waals surface area contributed by atoms with Gasteiger partial charge in [-0.05, 0) is 39.0 Å². The molecule has 0 heterocycles. The smallest absolute Gasteiger partial charge is 0.125 e. The third-order valence-electron chi connectivity index (χ3n) is 2.21. The maximum Gasteiger partial charge on any atom is 0.125 e. The summed E-state index contributed by atoms with van der Waals surface area (Å²) in [7, 11) is 0. The predicted molar refractivity (Wildman–Crippen MR) is 68.7 cm³/mol. The van der Waals surface area contributed by atoms with Gasteiger partial charge in [0, 0.05) is 10.6 Å². The highest BCUT2D eigenvalue weighted by atomic mass is 35.5. The van der Waals surface area contributed by atoms with E-state index in [9.17, 15) is 5.11 Å². The lowest BCUT2D eigenvalue weighted by Crippen LogP contribution is -2.12. The SMILES string of the molecule is CC(C)OCCOc1ccc(Cl)cc1[C@H](C)O. The third kappa shape index (κ3) is 4.94. The summed E-state index contributed by atoms with van der Waals surface area (Å²) in [6.45, 7) is 6.62. The van der Waals surface area contributed by atoms with Gasteiger partial charge in [0.25, 0.3) is 0 Å². The van der Waals surface area contributed by atoms with Crippen molar-refractivity contribution in [3.63, 3.8) is 0 Å². The van der Waals surface area contributed by atoms with E-state index in [1.165, 1.54) is 0 Å². The molecule has 96 valence electrons. The van der Waals surface area contributed by atoms with E-state index < -0.39 is 6.10 Å². The summed E-state index contributed by atoms with van der Waals surface area (Å²) < 4.78 is 10.9. The molecule has 0 radical (unpaired) electrons. The van der Waals surface area contributed by atoms with Gasteiger partial charge in [0.05, 0.1) is 18.8 Å². The van der Waals surface area contributed by atoms with E-state index in [4.69, 9.17) is 21.1 Å². The quantitative estimate of drug-likeness (QED) is 0.797. The molecule has 0 saturated carbocycles. The summed E-state index contributed by atoms with van der Waals surface area (Å²) in [5, 5.41) is 10.2. The van der Waals surface area contributed by atoms with Gasteiger partial charge in [-0.25, -0.2) is 0 Å². The molecule has 0 spiro atoms. The minimum absolute atomic E-state index is 0.194. The molecule has 1 rings (SSSR count). The topological polar surface area (TPSA) is 38.7 Å². The fourth-order valence-corrected chi connectivity index (χ4v) is 1.59. The van der Waals surface area contributed by atoms with Gasteiger partial charge in [0.15, 0.2) is 0 Å². The van der Waals surface area contributed by atoms with Crippen molar-refractivity contribution in [1.82, 2.24) is 0 Å². The van der Waals surface area contributed by atoms with Crippen molar-refractivity contribution < 1.29 is 14.6 Å². The summed E-state index contributed by atoms with van der Waals surface area (Å²) in [4.78, 5) is 0. The molecule has 4 heteroatoms. The lowest BCUT2D eigenvalue weighted by molar-refractivity contribution is 0.0544. The molecule has 1 aromatic carbocycles. The average molecular weight is 259 g/mol. The normalized spacial score (nSPS) is 12.8. The molecular formula is C13H19ClO3. The highest BCUT2D eigenvalue weighted by molar-refractivity contribution is 6.30. The number of ether oxygens (including phenoxy) is 2. The second-order valence-corrected chi connectivity index (χ2v) is 4.56. The number of benzene rings is 1. The summed E-state index contributed by atoms with van der Waals surface area (Å²) in [6, 6.07) is 5.22. The van der Waals surface area contributed by atoms with E-state index in [0.717, 1.165) is 0 Å². The molecule has 1 atom stereocenters. The van der Waals surface area contributed by atoms with Gasteiger partial charge < -0.3 is 14.6 Å². The molecule has 0 amide bonds. The van der Waals surface area contributed by atoms with Crippen molar-refractivity contribution in [3.05, 3.63) is 28.8 Å². The maximum absolute atomic E-state index is 9.60. The van der Waals surface area contributed by atoms with Crippen LogP contribution in [0.1, 0.15) is 32.4 Å². The van der Waals surface area contributed by atoms with E-state index in [1.54, 1.807) is 25.1 Å². The molecule has 1 N–H and O–H groups in total. The molecule has 0 fully saturated rings. The molecule has 17 heavy (non-hydrogen) atoms. The molecule has 0 aromatic heterocycles. The molecule has 0 aliphatic carbocycles. The van der Waals surface area contributed by atoms with Crippen molar-refractivity contribution in [2.24, 2.45) is 0 Å². The van der Waals surface area contributed by atoms with Crippen LogP contribution in [0.15, 0.2) is 18.2 Å². The van der Waals surface area contributed by atoms with Crippen LogP contribution in [0.2, 0.25) is 5.02 Å². The molecule has 0 bridgehead atoms. The highest BCUT2D eigenvalue weighted by Gasteiger charge is 2.09. The van der Waals surface area contributed by atoms with Gasteiger partial charge in [-0.15, -0.1) is 0 Å². The predicted octanol–water partition coefficient (Wildman–Crippen LogP) is 3.20. The second-order valence-electron chi connectivity index (χ2n) is 4.13. The second kappa shape index (κ2) is 6.84. The minimum Gasteiger partial charge on any atom is -0.491 e. The minimum atomic E-state index is -0.602. The molecule has 0 saturated heterocycles. The first-order chi connectivity index (χ1) is 8.00. The van der Waals surface area contributed by atoms with Crippen LogP contribution in [-0.4, -0.2) is 24.4 Å². The Morgan fingerprint density at radius 1 is 1.24 bits per heavy atom. The summed E-state index contributed by atoms with van der Waals surface area (Å²) in [5.74, 6) is 0.650. The Labute approximate surface area is 107 Å². The van der Waals surface area contributed by atoms with Crippen LogP contribution in [-0.2, 0) is 4.74 Å². The van der Waals surface area contributed by atoms with E-state index >= 15 is 0 Å². The number of hydrogen-bond donors (Lipinski definition) is 1. The third-order valence-corrected chi connectivity index (χ3v) is 2.45. The van der Waals surface area contributed by atoms with Gasteiger partial charge in [-0.1, -0.05) is 11.6 Å². The van der Waals surface area contributed by atoms with E-state index in [1.807, 2.05) is 13.8 Å². The zero-order valence-corrected chi connectivity index (χ0v) is 11.2. The van der Waals surface area contributed by atoms with Crippen molar-refractivity contribution in [2.45, 2.75) is 33.0 Å². The molecule has 1 aromatic rings. The van der Waals surface area contributed by atoms with Crippen LogP contribution in [0.5, 0.6) is 5.75 Å². The average Bonchev–Trinajstić information content (AvgIpc) is 2.25. The van der Waals surface area contributed by atoms with Crippen molar-refractivity contribution in [1.29, 1.82) is 0 Å². The van der Waals surface area contributed by atoms with Crippen LogP contribution in [0.25, 0.3) is 0 Å². The van der Waals surface area contributed by atoms with Crippen LogP contribution >= 0.6 is 11.6 Å². The summed E-state index contributed by atoms with van der Waals surface area (Å²) in [6.07, 6.45) is -0.408. The first kappa shape index (κ1) is 14.3. The first-order valence-corrected chi connectivity index (χ1v) is 6.10. The molecule has 0 aliphatic rings.